The summed E-state index contributed by atoms with van der Waals surface area (Å²) in [5, 5.41) is 3.26. The van der Waals surface area contributed by atoms with Gasteiger partial charge in [-0.3, -0.25) is 4.79 Å². The van der Waals surface area contributed by atoms with Crippen LogP contribution in [-0.4, -0.2) is 25.2 Å². The number of anilines is 1. The van der Waals surface area contributed by atoms with Crippen molar-refractivity contribution in [2.45, 2.75) is 19.9 Å². The maximum atomic E-state index is 11.8. The number of nitrogens with one attached hydrogen (secondary N) is 1. The topological polar surface area (TPSA) is 64.3 Å². The first-order chi connectivity index (χ1) is 8.04. The molecule has 0 saturated carbocycles. The van der Waals surface area contributed by atoms with Crippen LogP contribution in [0.1, 0.15) is 24.2 Å². The summed E-state index contributed by atoms with van der Waals surface area (Å²) in [4.78, 5) is 11.8. The summed E-state index contributed by atoms with van der Waals surface area (Å²) in [6.07, 6.45) is 0. The van der Waals surface area contributed by atoms with Crippen LogP contribution < -0.4 is 11.1 Å². The average Bonchev–Trinajstić information content (AvgIpc) is 2.30. The second kappa shape index (κ2) is 6.47. The number of amides is 1. The highest BCUT2D eigenvalue weighted by atomic mass is 35.5. The fourth-order valence-electron chi connectivity index (χ4n) is 1.33. The third-order valence-electron chi connectivity index (χ3n) is 2.21. The van der Waals surface area contributed by atoms with E-state index < -0.39 is 0 Å². The minimum absolute atomic E-state index is 0.0423. The van der Waals surface area contributed by atoms with Gasteiger partial charge in [0.1, 0.15) is 0 Å². The summed E-state index contributed by atoms with van der Waals surface area (Å²) in [7, 11) is 0. The first kappa shape index (κ1) is 13.8. The van der Waals surface area contributed by atoms with E-state index >= 15 is 0 Å². The number of nitrogens with two attached hydrogens (primary N) is 1. The van der Waals surface area contributed by atoms with Gasteiger partial charge in [-0.1, -0.05) is 11.6 Å². The van der Waals surface area contributed by atoms with E-state index in [9.17, 15) is 4.79 Å². The number of carbonyl (C=O) groups is 1. The maximum absolute atomic E-state index is 11.8. The molecule has 1 atom stereocenters. The molecule has 5 heteroatoms. The number of carbonyl (C=O) groups excluding carboxylic acids is 1. The fourth-order valence-corrected chi connectivity index (χ4v) is 1.45. The van der Waals surface area contributed by atoms with Gasteiger partial charge in [-0.2, -0.15) is 0 Å². The predicted octanol–water partition coefficient (Wildman–Crippen LogP) is 2.08. The number of nitrogen functional groups attached to an aromatic ring is 1. The predicted molar refractivity (Wildman–Crippen MR) is 69.3 cm³/mol. The molecule has 0 fully saturated rings. The van der Waals surface area contributed by atoms with Crippen LogP contribution in [0.25, 0.3) is 0 Å². The normalized spacial score (nSPS) is 12.2. The molecule has 3 N–H and O–H groups in total. The van der Waals surface area contributed by atoms with Crippen molar-refractivity contribution in [1.82, 2.24) is 5.32 Å². The molecule has 0 bridgehead atoms. The SMILES string of the molecule is CCOCC(C)NC(=O)c1ccc(Cl)c(N)c1. The number of rotatable bonds is 5. The van der Waals surface area contributed by atoms with Crippen LogP contribution >= 0.6 is 11.6 Å². The average molecular weight is 257 g/mol. The van der Waals surface area contributed by atoms with E-state index in [1.165, 1.54) is 0 Å². The van der Waals surface area contributed by atoms with E-state index in [1.54, 1.807) is 18.2 Å². The number of hydrogen-bond donors (Lipinski definition) is 2. The Balaban J connectivity index is 2.60. The van der Waals surface area contributed by atoms with Crippen molar-refractivity contribution < 1.29 is 9.53 Å². The summed E-state index contributed by atoms with van der Waals surface area (Å²) >= 11 is 5.78. The molecule has 0 aromatic heterocycles. The summed E-state index contributed by atoms with van der Waals surface area (Å²) in [6.45, 7) is 4.92. The highest BCUT2D eigenvalue weighted by Gasteiger charge is 2.10. The van der Waals surface area contributed by atoms with Crippen LogP contribution in [0.2, 0.25) is 5.02 Å². The summed E-state index contributed by atoms with van der Waals surface area (Å²) in [5.74, 6) is -0.180. The van der Waals surface area contributed by atoms with Crippen molar-refractivity contribution in [2.24, 2.45) is 0 Å². The molecular formula is C12H17ClN2O2. The van der Waals surface area contributed by atoms with E-state index in [2.05, 4.69) is 5.32 Å². The molecule has 0 aliphatic heterocycles. The van der Waals surface area contributed by atoms with E-state index in [0.717, 1.165) is 0 Å². The molecule has 1 unspecified atom stereocenters. The molecule has 0 saturated heterocycles. The van der Waals surface area contributed by atoms with Gasteiger partial charge in [0, 0.05) is 18.2 Å². The largest absolute Gasteiger partial charge is 0.398 e. The van der Waals surface area contributed by atoms with Gasteiger partial charge in [-0.25, -0.2) is 0 Å². The molecule has 1 rings (SSSR count). The van der Waals surface area contributed by atoms with E-state index in [4.69, 9.17) is 22.1 Å². The Bertz CT molecular complexity index is 396. The van der Waals surface area contributed by atoms with Gasteiger partial charge >= 0.3 is 0 Å². The molecular weight excluding hydrogens is 240 g/mol. The Kier molecular flexibility index (Phi) is 5.25. The molecule has 94 valence electrons. The minimum atomic E-state index is -0.180. The van der Waals surface area contributed by atoms with Gasteiger partial charge in [-0.15, -0.1) is 0 Å². The fraction of sp³-hybridized carbons (Fsp3) is 0.417. The zero-order chi connectivity index (χ0) is 12.8. The summed E-state index contributed by atoms with van der Waals surface area (Å²) < 4.78 is 5.21. The first-order valence-corrected chi connectivity index (χ1v) is 5.86. The van der Waals surface area contributed by atoms with Crippen LogP contribution in [0.15, 0.2) is 18.2 Å². The second-order valence-electron chi connectivity index (χ2n) is 3.77. The molecule has 0 spiro atoms. The number of ether oxygens (including phenoxy) is 1. The number of hydrogen-bond acceptors (Lipinski definition) is 3. The van der Waals surface area contributed by atoms with Gasteiger partial charge in [0.25, 0.3) is 5.91 Å². The maximum Gasteiger partial charge on any atom is 0.251 e. The van der Waals surface area contributed by atoms with Crippen molar-refractivity contribution >= 4 is 23.2 Å². The quantitative estimate of drug-likeness (QED) is 0.793. The van der Waals surface area contributed by atoms with Crippen molar-refractivity contribution in [3.8, 4) is 0 Å². The first-order valence-electron chi connectivity index (χ1n) is 5.48. The molecule has 4 nitrogen and oxygen atoms in total. The van der Waals surface area contributed by atoms with Crippen LogP contribution in [0.5, 0.6) is 0 Å². The van der Waals surface area contributed by atoms with Crippen LogP contribution in [0.4, 0.5) is 5.69 Å². The molecule has 0 aliphatic rings. The van der Waals surface area contributed by atoms with Gasteiger partial charge in [0.2, 0.25) is 0 Å². The van der Waals surface area contributed by atoms with E-state index in [1.807, 2.05) is 13.8 Å². The van der Waals surface area contributed by atoms with Gasteiger partial charge < -0.3 is 15.8 Å². The Morgan fingerprint density at radius 1 is 1.59 bits per heavy atom. The number of halogens is 1. The van der Waals surface area contributed by atoms with Gasteiger partial charge in [-0.05, 0) is 32.0 Å². The zero-order valence-corrected chi connectivity index (χ0v) is 10.8. The molecule has 1 amide bonds. The molecule has 0 radical (unpaired) electrons. The molecule has 0 aliphatic carbocycles. The third-order valence-corrected chi connectivity index (χ3v) is 2.55. The number of benzene rings is 1. The lowest BCUT2D eigenvalue weighted by Crippen LogP contribution is -2.35. The Labute approximate surface area is 106 Å². The standard InChI is InChI=1S/C12H17ClN2O2/c1-3-17-7-8(2)15-12(16)9-4-5-10(13)11(14)6-9/h4-6,8H,3,7,14H2,1-2H3,(H,15,16). The highest BCUT2D eigenvalue weighted by Crippen LogP contribution is 2.19. The zero-order valence-electron chi connectivity index (χ0n) is 10.00. The van der Waals surface area contributed by atoms with Crippen molar-refractivity contribution in [2.75, 3.05) is 18.9 Å². The van der Waals surface area contributed by atoms with Crippen molar-refractivity contribution in [3.05, 3.63) is 28.8 Å². The lowest BCUT2D eigenvalue weighted by molar-refractivity contribution is 0.0872. The van der Waals surface area contributed by atoms with E-state index in [0.29, 0.717) is 29.5 Å². The Morgan fingerprint density at radius 3 is 2.88 bits per heavy atom. The van der Waals surface area contributed by atoms with Gasteiger partial charge in [0.15, 0.2) is 0 Å². The highest BCUT2D eigenvalue weighted by molar-refractivity contribution is 6.33. The third kappa shape index (κ3) is 4.24. The van der Waals surface area contributed by atoms with Crippen molar-refractivity contribution in [3.63, 3.8) is 0 Å². The lowest BCUT2D eigenvalue weighted by atomic mass is 10.2. The van der Waals surface area contributed by atoms with Crippen LogP contribution in [0.3, 0.4) is 0 Å². The van der Waals surface area contributed by atoms with Crippen LogP contribution in [-0.2, 0) is 4.74 Å². The summed E-state index contributed by atoms with van der Waals surface area (Å²) in [5.41, 5.74) is 6.53. The van der Waals surface area contributed by atoms with E-state index in [-0.39, 0.29) is 11.9 Å². The van der Waals surface area contributed by atoms with Gasteiger partial charge in [0.05, 0.1) is 17.3 Å². The van der Waals surface area contributed by atoms with Crippen molar-refractivity contribution in [1.29, 1.82) is 0 Å². The second-order valence-corrected chi connectivity index (χ2v) is 4.18. The minimum Gasteiger partial charge on any atom is -0.398 e. The molecule has 1 aromatic carbocycles. The monoisotopic (exact) mass is 256 g/mol. The summed E-state index contributed by atoms with van der Waals surface area (Å²) in [6, 6.07) is 4.77. The van der Waals surface area contributed by atoms with Crippen LogP contribution in [0, 0.1) is 0 Å². The molecule has 17 heavy (non-hydrogen) atoms. The molecule has 0 heterocycles. The lowest BCUT2D eigenvalue weighted by Gasteiger charge is -2.13. The molecule has 1 aromatic rings. The smallest absolute Gasteiger partial charge is 0.251 e. The Hall–Kier alpha value is -1.26. The Morgan fingerprint density at radius 2 is 2.29 bits per heavy atom.